The number of imide groups is 2. The number of rotatable bonds is 4. The number of benzene rings is 2. The zero-order chi connectivity index (χ0) is 31.3. The van der Waals surface area contributed by atoms with Gasteiger partial charge >= 0.3 is 0 Å². The maximum atomic E-state index is 12.0. The molecule has 5 aliphatic rings. The fourth-order valence-corrected chi connectivity index (χ4v) is 5.02. The molecule has 44 heavy (non-hydrogen) atoms. The Morgan fingerprint density at radius 1 is 0.636 bits per heavy atom. The van der Waals surface area contributed by atoms with E-state index in [1.54, 1.807) is 36.4 Å². The second kappa shape index (κ2) is 17.1. The highest BCUT2D eigenvalue weighted by Gasteiger charge is 2.37. The first-order chi connectivity index (χ1) is 21.4. The molecule has 5 heterocycles. The lowest BCUT2D eigenvalue weighted by molar-refractivity contribution is -0.134. The number of nitrogens with zero attached hydrogens (tertiary/aromatic N) is 2. The summed E-state index contributed by atoms with van der Waals surface area (Å²) < 4.78 is 15.6. The Balaban J connectivity index is 0.000000150. The van der Waals surface area contributed by atoms with Gasteiger partial charge in [0.15, 0.2) is 0 Å². The molecule has 5 aliphatic heterocycles. The lowest BCUT2D eigenvalue weighted by atomic mass is 10.1. The van der Waals surface area contributed by atoms with Crippen LogP contribution in [-0.4, -0.2) is 95.9 Å². The Kier molecular flexibility index (Phi) is 13.0. The topological polar surface area (TPSA) is 152 Å². The summed E-state index contributed by atoms with van der Waals surface area (Å²) >= 11 is 0. The zero-order valence-electron chi connectivity index (χ0n) is 24.7. The molecule has 12 nitrogen and oxygen atoms in total. The molecule has 2 unspecified atom stereocenters. The number of hydrogen-bond acceptors (Lipinski definition) is 10. The molecular weight excluding hydrogens is 572 g/mol. The summed E-state index contributed by atoms with van der Waals surface area (Å²) in [5.41, 5.74) is 1.31. The van der Waals surface area contributed by atoms with E-state index in [0.29, 0.717) is 11.1 Å². The Hall–Kier alpha value is -3.52. The van der Waals surface area contributed by atoms with Crippen molar-refractivity contribution >= 4 is 23.6 Å². The van der Waals surface area contributed by atoms with Gasteiger partial charge in [0.25, 0.3) is 23.6 Å². The molecule has 2 N–H and O–H groups in total. The molecule has 0 spiro atoms. The summed E-state index contributed by atoms with van der Waals surface area (Å²) in [6.07, 6.45) is 9.14. The number of aliphatic hydroxyl groups excluding tert-OH is 1. The number of ether oxygens (including phenoxy) is 3. The largest absolute Gasteiger partial charge is 0.394 e. The minimum Gasteiger partial charge on any atom is -0.394 e. The van der Waals surface area contributed by atoms with E-state index in [-0.39, 0.29) is 41.6 Å². The van der Waals surface area contributed by atoms with Gasteiger partial charge in [-0.1, -0.05) is 24.3 Å². The van der Waals surface area contributed by atoms with Crippen molar-refractivity contribution in [3.05, 3.63) is 70.8 Å². The van der Waals surface area contributed by atoms with Crippen LogP contribution in [0.2, 0.25) is 0 Å². The first-order valence-corrected chi connectivity index (χ1v) is 15.1. The molecule has 4 amide bonds. The molecule has 3 fully saturated rings. The number of carbonyl (C=O) groups is 4. The Morgan fingerprint density at radius 3 is 1.43 bits per heavy atom. The lowest BCUT2D eigenvalue weighted by Crippen LogP contribution is -2.35. The average Bonchev–Trinajstić information content (AvgIpc) is 3.80. The number of hydrogen-bond donors (Lipinski definition) is 2. The van der Waals surface area contributed by atoms with Crippen LogP contribution in [0.25, 0.3) is 0 Å². The zero-order valence-corrected chi connectivity index (χ0v) is 24.7. The number of hydroxylamine groups is 4. The van der Waals surface area contributed by atoms with Crippen molar-refractivity contribution in [1.29, 1.82) is 0 Å². The molecule has 2 atom stereocenters. The molecular formula is C32H40N2O10. The van der Waals surface area contributed by atoms with E-state index in [1.807, 2.05) is 0 Å². The van der Waals surface area contributed by atoms with Crippen LogP contribution in [0.3, 0.4) is 0 Å². The van der Waals surface area contributed by atoms with Crippen molar-refractivity contribution in [2.45, 2.75) is 63.6 Å². The standard InChI is InChI=1S/C14H15NO4.C8H5NO3.C6H12O2.C4H8O/c16-13-11-6-1-2-7-12(11)14(17)15(13)19-9-10-5-3-4-8-18-10;10-7-5-3-1-2-4-6(5)8(11)9(7)12;7-5-6-3-1-2-4-8-6;1-2-4-5-3-1/h1-2,6-7,10H,3-5,8-9H2;1-4,12H;6-7H,1-5H2;1-4H2. The van der Waals surface area contributed by atoms with Crippen molar-refractivity contribution in [3.8, 4) is 0 Å². The molecule has 0 radical (unpaired) electrons. The molecule has 0 saturated carbocycles. The van der Waals surface area contributed by atoms with E-state index in [4.69, 9.17) is 29.4 Å². The van der Waals surface area contributed by atoms with Crippen LogP contribution in [0, 0.1) is 0 Å². The number of amides is 4. The van der Waals surface area contributed by atoms with Crippen LogP contribution in [-0.2, 0) is 19.0 Å². The van der Waals surface area contributed by atoms with Crippen molar-refractivity contribution in [2.75, 3.05) is 39.6 Å². The van der Waals surface area contributed by atoms with Crippen LogP contribution in [0.4, 0.5) is 0 Å². The van der Waals surface area contributed by atoms with Gasteiger partial charge in [-0.25, -0.2) is 0 Å². The Bertz CT molecular complexity index is 1190. The van der Waals surface area contributed by atoms with E-state index in [1.165, 1.54) is 31.4 Å². The third kappa shape index (κ3) is 8.78. The van der Waals surface area contributed by atoms with Gasteiger partial charge in [-0.05, 0) is 75.6 Å². The number of carbonyl (C=O) groups excluding carboxylic acids is 4. The van der Waals surface area contributed by atoms with Gasteiger partial charge in [0.2, 0.25) is 0 Å². The minimum absolute atomic E-state index is 0.0296. The molecule has 0 aromatic heterocycles. The third-order valence-corrected chi connectivity index (χ3v) is 7.50. The fraction of sp³-hybridized carbons (Fsp3) is 0.500. The van der Waals surface area contributed by atoms with E-state index in [0.717, 1.165) is 63.6 Å². The van der Waals surface area contributed by atoms with E-state index < -0.39 is 23.6 Å². The van der Waals surface area contributed by atoms with Gasteiger partial charge in [-0.3, -0.25) is 29.2 Å². The smallest absolute Gasteiger partial charge is 0.285 e. The summed E-state index contributed by atoms with van der Waals surface area (Å²) in [6.45, 7) is 3.99. The SMILES string of the molecule is C1CCOC1.O=C1c2ccccc2C(=O)N1O.O=C1c2ccccc2C(=O)N1OCC1CCCCO1.OCC1CCCCO1. The molecule has 0 aliphatic carbocycles. The molecule has 2 aromatic carbocycles. The monoisotopic (exact) mass is 612 g/mol. The van der Waals surface area contributed by atoms with Crippen LogP contribution >= 0.6 is 0 Å². The normalized spacial score (nSPS) is 22.2. The van der Waals surface area contributed by atoms with Gasteiger partial charge in [0.05, 0.1) is 41.1 Å². The second-order valence-corrected chi connectivity index (χ2v) is 10.7. The van der Waals surface area contributed by atoms with Crippen molar-refractivity contribution in [1.82, 2.24) is 10.1 Å². The fourth-order valence-electron chi connectivity index (χ4n) is 5.02. The van der Waals surface area contributed by atoms with E-state index >= 15 is 0 Å². The third-order valence-electron chi connectivity index (χ3n) is 7.50. The maximum Gasteiger partial charge on any atom is 0.285 e. The highest BCUT2D eigenvalue weighted by molar-refractivity contribution is 6.21. The van der Waals surface area contributed by atoms with Gasteiger partial charge in [-0.2, -0.15) is 0 Å². The summed E-state index contributed by atoms with van der Waals surface area (Å²) in [6, 6.07) is 13.0. The van der Waals surface area contributed by atoms with Crippen molar-refractivity contribution in [3.63, 3.8) is 0 Å². The molecule has 7 rings (SSSR count). The number of fused-ring (bicyclic) bond motifs is 2. The molecule has 12 heteroatoms. The maximum absolute atomic E-state index is 12.0. The minimum atomic E-state index is -0.657. The average molecular weight is 613 g/mol. The predicted octanol–water partition coefficient (Wildman–Crippen LogP) is 3.80. The highest BCUT2D eigenvalue weighted by Crippen LogP contribution is 2.24. The molecule has 238 valence electrons. The molecule has 2 aromatic rings. The van der Waals surface area contributed by atoms with Gasteiger partial charge in [-0.15, -0.1) is 10.1 Å². The molecule has 3 saturated heterocycles. The van der Waals surface area contributed by atoms with Crippen LogP contribution in [0.5, 0.6) is 0 Å². The highest BCUT2D eigenvalue weighted by atomic mass is 16.7. The first-order valence-electron chi connectivity index (χ1n) is 15.1. The quantitative estimate of drug-likeness (QED) is 0.385. The van der Waals surface area contributed by atoms with Crippen molar-refractivity contribution in [2.24, 2.45) is 0 Å². The summed E-state index contributed by atoms with van der Waals surface area (Å²) in [5.74, 6) is -2.10. The van der Waals surface area contributed by atoms with E-state index in [2.05, 4.69) is 0 Å². The van der Waals surface area contributed by atoms with Gasteiger partial charge in [0.1, 0.15) is 6.61 Å². The summed E-state index contributed by atoms with van der Waals surface area (Å²) in [7, 11) is 0. The van der Waals surface area contributed by atoms with Gasteiger partial charge in [0, 0.05) is 26.4 Å². The summed E-state index contributed by atoms with van der Waals surface area (Å²) in [5, 5.41) is 18.5. The van der Waals surface area contributed by atoms with Gasteiger partial charge < -0.3 is 19.3 Å². The lowest BCUT2D eigenvalue weighted by Gasteiger charge is -2.23. The van der Waals surface area contributed by atoms with E-state index in [9.17, 15) is 19.2 Å². The van der Waals surface area contributed by atoms with Crippen LogP contribution in [0.1, 0.15) is 92.8 Å². The Labute approximate surface area is 256 Å². The van der Waals surface area contributed by atoms with Crippen LogP contribution < -0.4 is 0 Å². The summed E-state index contributed by atoms with van der Waals surface area (Å²) in [4.78, 5) is 51.5. The first kappa shape index (κ1) is 33.4. The Morgan fingerprint density at radius 2 is 1.07 bits per heavy atom. The number of aliphatic hydroxyl groups is 1. The van der Waals surface area contributed by atoms with Crippen molar-refractivity contribution < 1.29 is 48.5 Å². The van der Waals surface area contributed by atoms with Crippen LogP contribution in [0.15, 0.2) is 48.5 Å². The predicted molar refractivity (Wildman–Crippen MR) is 156 cm³/mol. The molecule has 0 bridgehead atoms. The second-order valence-electron chi connectivity index (χ2n) is 10.7.